The maximum absolute atomic E-state index is 14.3. The van der Waals surface area contributed by atoms with Crippen LogP contribution in [0.3, 0.4) is 0 Å². The summed E-state index contributed by atoms with van der Waals surface area (Å²) < 4.78 is 54.4. The van der Waals surface area contributed by atoms with Gasteiger partial charge in [0.15, 0.2) is 5.60 Å². The molecule has 0 aromatic heterocycles. The SMILES string of the molecule is C/C=C(\C)C(=O)O[C@H]1C[C@@H](OC(C)=O)[C@@]2(C(=O)OC)CO[C@H]3[C@H]4O[C@]5(C)[C@H]6C[C@H](O[C@@H]7OC=C[C@@]76O)[C@]5(O)[C@@]4(C)[C@@H]4C(O)(C(=O)OC)OC[C@@]14[C@@H]32. The normalized spacial score (nSPS) is 53.9. The Kier molecular flexibility index (Phi) is 7.20. The molecule has 2 bridgehead atoms. The molecule has 3 N–H and O–H groups in total. The fourth-order valence-electron chi connectivity index (χ4n) is 12.2. The Hall–Kier alpha value is -3.12. The van der Waals surface area contributed by atoms with Crippen molar-refractivity contribution >= 4 is 23.9 Å². The molecule has 1 spiro atoms. The lowest BCUT2D eigenvalue weighted by atomic mass is 9.37. The summed E-state index contributed by atoms with van der Waals surface area (Å²) in [6, 6.07) is 0. The zero-order valence-electron chi connectivity index (χ0n) is 29.4. The lowest BCUT2D eigenvalue weighted by Crippen LogP contribution is -2.79. The van der Waals surface area contributed by atoms with Crippen molar-refractivity contribution in [3.63, 3.8) is 0 Å². The minimum Gasteiger partial charge on any atom is -0.469 e. The van der Waals surface area contributed by atoms with E-state index in [2.05, 4.69) is 0 Å². The zero-order chi connectivity index (χ0) is 36.9. The topological polar surface area (TPSA) is 212 Å². The van der Waals surface area contributed by atoms with Gasteiger partial charge in [-0.2, -0.15) is 0 Å². The van der Waals surface area contributed by atoms with Crippen LogP contribution in [0.25, 0.3) is 0 Å². The van der Waals surface area contributed by atoms with Gasteiger partial charge in [-0.3, -0.25) is 9.59 Å². The number of hydrogen-bond acceptors (Lipinski definition) is 16. The Bertz CT molecular complexity index is 1660. The van der Waals surface area contributed by atoms with Crippen LogP contribution in [-0.2, 0) is 61.8 Å². The Balaban J connectivity index is 1.42. The van der Waals surface area contributed by atoms with Crippen molar-refractivity contribution in [1.82, 2.24) is 0 Å². The third-order valence-electron chi connectivity index (χ3n) is 14.2. The molecule has 4 saturated heterocycles. The Morgan fingerprint density at radius 1 is 0.941 bits per heavy atom. The highest BCUT2D eigenvalue weighted by Crippen LogP contribution is 2.81. The first-order valence-corrected chi connectivity index (χ1v) is 17.2. The van der Waals surface area contributed by atoms with Crippen LogP contribution in [0.4, 0.5) is 0 Å². The van der Waals surface area contributed by atoms with Crippen LogP contribution in [0, 0.1) is 34.0 Å². The predicted molar refractivity (Wildman–Crippen MR) is 164 cm³/mol. The van der Waals surface area contributed by atoms with Gasteiger partial charge in [-0.1, -0.05) is 13.0 Å². The van der Waals surface area contributed by atoms with Gasteiger partial charge in [-0.25, -0.2) is 9.59 Å². The molecule has 0 radical (unpaired) electrons. The van der Waals surface area contributed by atoms with E-state index in [9.17, 15) is 34.5 Å². The van der Waals surface area contributed by atoms with E-state index < -0.39 is 124 Å². The van der Waals surface area contributed by atoms with Crippen LogP contribution in [0.5, 0.6) is 0 Å². The molecule has 5 aliphatic heterocycles. The fourth-order valence-corrected chi connectivity index (χ4v) is 12.2. The number of carbonyl (C=O) groups is 4. The molecule has 0 aromatic carbocycles. The van der Waals surface area contributed by atoms with E-state index in [1.54, 1.807) is 33.8 Å². The molecule has 3 saturated carbocycles. The minimum atomic E-state index is -2.82. The molecule has 16 heteroatoms. The quantitative estimate of drug-likeness (QED) is 0.191. The van der Waals surface area contributed by atoms with E-state index >= 15 is 0 Å². The van der Waals surface area contributed by atoms with Crippen molar-refractivity contribution in [2.75, 3.05) is 27.4 Å². The first-order chi connectivity index (χ1) is 23.9. The van der Waals surface area contributed by atoms with Crippen molar-refractivity contribution in [1.29, 1.82) is 0 Å². The van der Waals surface area contributed by atoms with Gasteiger partial charge in [0, 0.05) is 47.5 Å². The molecular formula is C35H44O16. The van der Waals surface area contributed by atoms with Crippen LogP contribution in [0.1, 0.15) is 47.5 Å². The lowest BCUT2D eigenvalue weighted by Gasteiger charge is -2.65. The second-order valence-electron chi connectivity index (χ2n) is 15.8. The van der Waals surface area contributed by atoms with E-state index in [-0.39, 0.29) is 25.0 Å². The minimum absolute atomic E-state index is 0.0989. The number of methoxy groups -OCH3 is 2. The molecule has 8 aliphatic rings. The van der Waals surface area contributed by atoms with E-state index in [1.807, 2.05) is 0 Å². The van der Waals surface area contributed by atoms with Crippen LogP contribution in [-0.4, -0.2) is 126 Å². The van der Waals surface area contributed by atoms with Gasteiger partial charge in [-0.15, -0.1) is 0 Å². The average Bonchev–Trinajstić information content (AvgIpc) is 3.85. The van der Waals surface area contributed by atoms with Crippen molar-refractivity contribution in [2.45, 2.75) is 107 Å². The highest BCUT2D eigenvalue weighted by Gasteiger charge is 2.94. The number of fused-ring (bicyclic) bond motifs is 11. The van der Waals surface area contributed by atoms with Crippen molar-refractivity contribution in [3.8, 4) is 0 Å². The molecule has 3 aliphatic carbocycles. The molecule has 8 rings (SSSR count). The summed E-state index contributed by atoms with van der Waals surface area (Å²) in [6.45, 7) is 6.79. The van der Waals surface area contributed by atoms with Gasteiger partial charge >= 0.3 is 23.9 Å². The number of ether oxygens (including phenoxy) is 9. The fraction of sp³-hybridized carbons (Fsp3) is 0.771. The molecule has 7 fully saturated rings. The number of rotatable bonds is 5. The highest BCUT2D eigenvalue weighted by atomic mass is 16.7. The molecule has 51 heavy (non-hydrogen) atoms. The number of allylic oxidation sites excluding steroid dienone is 1. The Morgan fingerprint density at radius 2 is 1.65 bits per heavy atom. The van der Waals surface area contributed by atoms with E-state index in [1.165, 1.54) is 26.4 Å². The second kappa shape index (κ2) is 10.5. The van der Waals surface area contributed by atoms with Crippen molar-refractivity contribution < 1.29 is 77.1 Å². The van der Waals surface area contributed by atoms with Crippen molar-refractivity contribution in [3.05, 3.63) is 24.0 Å². The Morgan fingerprint density at radius 3 is 2.29 bits per heavy atom. The number of aliphatic hydroxyl groups is 3. The van der Waals surface area contributed by atoms with Gasteiger partial charge in [0.25, 0.3) is 5.79 Å². The van der Waals surface area contributed by atoms with Crippen LogP contribution < -0.4 is 0 Å². The van der Waals surface area contributed by atoms with Crippen LogP contribution in [0.15, 0.2) is 24.0 Å². The summed E-state index contributed by atoms with van der Waals surface area (Å²) >= 11 is 0. The van der Waals surface area contributed by atoms with Crippen molar-refractivity contribution in [2.24, 2.45) is 34.0 Å². The van der Waals surface area contributed by atoms with E-state index in [0.29, 0.717) is 0 Å². The van der Waals surface area contributed by atoms with Gasteiger partial charge in [0.2, 0.25) is 6.29 Å². The lowest BCUT2D eigenvalue weighted by molar-refractivity contribution is -0.315. The van der Waals surface area contributed by atoms with Gasteiger partial charge < -0.3 is 58.0 Å². The first kappa shape index (κ1) is 34.9. The Labute approximate surface area is 293 Å². The summed E-state index contributed by atoms with van der Waals surface area (Å²) in [6.07, 6.45) is -3.09. The molecule has 0 aromatic rings. The highest BCUT2D eigenvalue weighted by molar-refractivity contribution is 5.88. The standard InChI is InChI=1S/C35H44O16/c1-8-15(2)24(37)49-18-12-19(48-16(3)36)32(26(38)43-6)13-46-21-22(32)31(18)14-47-34(41,27(39)44-7)25(31)29(4)23(21)51-30(5)17-11-20(35(29,30)42)50-28-33(17,40)9-10-45-28/h8-10,17-23,25,28,40-42H,11-14H2,1-7H3/b15-8+/t17-,18+,19-,20+,21-,22-,23-,25+,28+,29-,30-,31+,32+,33+,34?,35+/m1/s1. The molecule has 5 heterocycles. The molecule has 0 amide bonds. The van der Waals surface area contributed by atoms with Gasteiger partial charge in [0.05, 0.1) is 52.0 Å². The third kappa shape index (κ3) is 3.60. The average molecular weight is 721 g/mol. The smallest absolute Gasteiger partial charge is 0.366 e. The largest absolute Gasteiger partial charge is 0.469 e. The van der Waals surface area contributed by atoms with Gasteiger partial charge in [0.1, 0.15) is 28.8 Å². The van der Waals surface area contributed by atoms with Crippen LogP contribution >= 0.6 is 0 Å². The third-order valence-corrected chi connectivity index (χ3v) is 14.2. The second-order valence-corrected chi connectivity index (χ2v) is 15.8. The molecule has 280 valence electrons. The molecule has 16 atom stereocenters. The predicted octanol–water partition coefficient (Wildman–Crippen LogP) is -0.203. The molecular weight excluding hydrogens is 676 g/mol. The molecule has 16 nitrogen and oxygen atoms in total. The summed E-state index contributed by atoms with van der Waals surface area (Å²) in [5.41, 5.74) is -10.6. The monoisotopic (exact) mass is 720 g/mol. The maximum atomic E-state index is 14.3. The van der Waals surface area contributed by atoms with Gasteiger partial charge in [-0.05, 0) is 33.3 Å². The summed E-state index contributed by atoms with van der Waals surface area (Å²) in [5.74, 6) is -9.88. The van der Waals surface area contributed by atoms with Crippen LogP contribution in [0.2, 0.25) is 0 Å². The molecule has 1 unspecified atom stereocenters. The number of carbonyl (C=O) groups excluding carboxylic acids is 4. The number of esters is 4. The number of hydrogen-bond donors (Lipinski definition) is 3. The van der Waals surface area contributed by atoms with E-state index in [0.717, 1.165) is 7.11 Å². The zero-order valence-corrected chi connectivity index (χ0v) is 29.4. The summed E-state index contributed by atoms with van der Waals surface area (Å²) in [4.78, 5) is 54.5. The summed E-state index contributed by atoms with van der Waals surface area (Å²) in [5, 5.41) is 38.2. The van der Waals surface area contributed by atoms with E-state index in [4.69, 9.17) is 42.6 Å². The summed E-state index contributed by atoms with van der Waals surface area (Å²) in [7, 11) is 2.24. The first-order valence-electron chi connectivity index (χ1n) is 17.2. The maximum Gasteiger partial charge on any atom is 0.366 e.